The molecule has 1 N–H and O–H groups in total. The van der Waals surface area contributed by atoms with Gasteiger partial charge in [0.2, 0.25) is 5.91 Å². The minimum absolute atomic E-state index is 0.0662. The van der Waals surface area contributed by atoms with E-state index >= 15 is 0 Å². The monoisotopic (exact) mass is 352 g/mol. The first-order chi connectivity index (χ1) is 11.3. The molecule has 1 atom stereocenters. The predicted molar refractivity (Wildman–Crippen MR) is 100 cm³/mol. The van der Waals surface area contributed by atoms with Gasteiger partial charge in [-0.25, -0.2) is 4.98 Å². The average Bonchev–Trinajstić information content (AvgIpc) is 3.00. The predicted octanol–water partition coefficient (Wildman–Crippen LogP) is 2.47. The summed E-state index contributed by atoms with van der Waals surface area (Å²) in [5, 5.41) is 6.09. The number of nitrogens with one attached hydrogen (secondary N) is 1. The number of hydrogen-bond donors (Lipinski definition) is 1. The number of piperazine rings is 1. The zero-order valence-corrected chi connectivity index (χ0v) is 16.6. The van der Waals surface area contributed by atoms with Crippen LogP contribution in [0.5, 0.6) is 0 Å². The Bertz CT molecular complexity index is 529. The largest absolute Gasteiger partial charge is 0.350 e. The van der Waals surface area contributed by atoms with Gasteiger partial charge in [0, 0.05) is 49.4 Å². The standard InChI is InChI=1S/C18H32N4OS/c1-14(22-10-8-21(5)9-11-22)6-7-16(23)19-12-17-20-15(13-24-17)18(2,3)4/h13-14H,6-12H2,1-5H3,(H,19,23)/t14-/m1/s1. The lowest BCUT2D eigenvalue weighted by Crippen LogP contribution is -2.48. The smallest absolute Gasteiger partial charge is 0.220 e. The number of thiazole rings is 1. The molecule has 136 valence electrons. The van der Waals surface area contributed by atoms with E-state index < -0.39 is 0 Å². The number of aromatic nitrogens is 1. The van der Waals surface area contributed by atoms with Crippen LogP contribution in [0, 0.1) is 0 Å². The van der Waals surface area contributed by atoms with E-state index in [1.807, 2.05) is 0 Å². The molecule has 1 amide bonds. The zero-order valence-electron chi connectivity index (χ0n) is 15.8. The maximum Gasteiger partial charge on any atom is 0.220 e. The second-order valence-corrected chi connectivity index (χ2v) is 8.82. The molecule has 0 bridgehead atoms. The molecule has 2 heterocycles. The summed E-state index contributed by atoms with van der Waals surface area (Å²) >= 11 is 1.63. The van der Waals surface area contributed by atoms with Crippen LogP contribution in [-0.4, -0.2) is 60.0 Å². The van der Waals surface area contributed by atoms with Gasteiger partial charge in [-0.15, -0.1) is 11.3 Å². The summed E-state index contributed by atoms with van der Waals surface area (Å²) in [4.78, 5) is 21.6. The zero-order chi connectivity index (χ0) is 17.7. The number of rotatable bonds is 6. The van der Waals surface area contributed by atoms with Crippen molar-refractivity contribution in [3.63, 3.8) is 0 Å². The van der Waals surface area contributed by atoms with E-state index in [1.165, 1.54) is 0 Å². The van der Waals surface area contributed by atoms with Crippen LogP contribution in [0.4, 0.5) is 0 Å². The number of carbonyl (C=O) groups excluding carboxylic acids is 1. The van der Waals surface area contributed by atoms with Crippen molar-refractivity contribution in [2.24, 2.45) is 0 Å². The molecule has 1 aromatic rings. The van der Waals surface area contributed by atoms with Crippen molar-refractivity contribution in [1.82, 2.24) is 20.1 Å². The molecule has 1 aliphatic rings. The van der Waals surface area contributed by atoms with Gasteiger partial charge in [-0.3, -0.25) is 9.69 Å². The molecule has 0 aliphatic carbocycles. The van der Waals surface area contributed by atoms with Gasteiger partial charge in [0.25, 0.3) is 0 Å². The molecular weight excluding hydrogens is 320 g/mol. The number of carbonyl (C=O) groups is 1. The first-order valence-electron chi connectivity index (χ1n) is 8.90. The molecule has 0 radical (unpaired) electrons. The van der Waals surface area contributed by atoms with Crippen molar-refractivity contribution in [3.05, 3.63) is 16.1 Å². The van der Waals surface area contributed by atoms with Gasteiger partial charge in [-0.05, 0) is 20.4 Å². The molecule has 1 saturated heterocycles. The minimum atomic E-state index is 0.0662. The van der Waals surface area contributed by atoms with Crippen LogP contribution in [0.15, 0.2) is 5.38 Å². The molecule has 0 spiro atoms. The SMILES string of the molecule is C[C@H](CCC(=O)NCc1nc(C(C)(C)C)cs1)N1CCN(C)CC1. The molecule has 6 heteroatoms. The van der Waals surface area contributed by atoms with E-state index in [0.29, 0.717) is 19.0 Å². The average molecular weight is 353 g/mol. The Morgan fingerprint density at radius 1 is 1.33 bits per heavy atom. The third kappa shape index (κ3) is 5.83. The first-order valence-corrected chi connectivity index (χ1v) is 9.78. The summed E-state index contributed by atoms with van der Waals surface area (Å²) in [5.74, 6) is 0.128. The molecule has 0 unspecified atom stereocenters. The maximum absolute atomic E-state index is 12.1. The van der Waals surface area contributed by atoms with Gasteiger partial charge in [-0.2, -0.15) is 0 Å². The second-order valence-electron chi connectivity index (χ2n) is 7.88. The maximum atomic E-state index is 12.1. The molecule has 5 nitrogen and oxygen atoms in total. The lowest BCUT2D eigenvalue weighted by molar-refractivity contribution is -0.121. The van der Waals surface area contributed by atoms with Gasteiger partial charge in [-0.1, -0.05) is 20.8 Å². The fraction of sp³-hybridized carbons (Fsp3) is 0.778. The minimum Gasteiger partial charge on any atom is -0.350 e. The fourth-order valence-corrected chi connectivity index (χ4v) is 3.74. The highest BCUT2D eigenvalue weighted by molar-refractivity contribution is 7.09. The topological polar surface area (TPSA) is 48.5 Å². The van der Waals surface area contributed by atoms with Gasteiger partial charge in [0.05, 0.1) is 12.2 Å². The summed E-state index contributed by atoms with van der Waals surface area (Å²) in [5.41, 5.74) is 1.16. The van der Waals surface area contributed by atoms with Crippen molar-refractivity contribution in [3.8, 4) is 0 Å². The fourth-order valence-electron chi connectivity index (χ4n) is 2.78. The van der Waals surface area contributed by atoms with E-state index in [-0.39, 0.29) is 11.3 Å². The van der Waals surface area contributed by atoms with Crippen molar-refractivity contribution >= 4 is 17.2 Å². The lowest BCUT2D eigenvalue weighted by Gasteiger charge is -2.36. The summed E-state index contributed by atoms with van der Waals surface area (Å²) in [6, 6.07) is 0.469. The Kier molecular flexibility index (Phi) is 6.78. The summed E-state index contributed by atoms with van der Waals surface area (Å²) in [6.45, 7) is 13.7. The van der Waals surface area contributed by atoms with Crippen LogP contribution in [0.1, 0.15) is 51.2 Å². The molecule has 24 heavy (non-hydrogen) atoms. The van der Waals surface area contributed by atoms with E-state index in [0.717, 1.165) is 43.3 Å². The molecule has 0 aromatic carbocycles. The highest BCUT2D eigenvalue weighted by atomic mass is 32.1. The summed E-state index contributed by atoms with van der Waals surface area (Å²) in [6.07, 6.45) is 1.51. The van der Waals surface area contributed by atoms with E-state index in [4.69, 9.17) is 0 Å². The van der Waals surface area contributed by atoms with Crippen LogP contribution < -0.4 is 5.32 Å². The van der Waals surface area contributed by atoms with Crippen molar-refractivity contribution in [1.29, 1.82) is 0 Å². The summed E-state index contributed by atoms with van der Waals surface area (Å²) < 4.78 is 0. The van der Waals surface area contributed by atoms with Gasteiger partial charge >= 0.3 is 0 Å². The Balaban J connectivity index is 1.69. The molecule has 1 fully saturated rings. The normalized spacial score (nSPS) is 18.5. The van der Waals surface area contributed by atoms with E-state index in [1.54, 1.807) is 11.3 Å². The van der Waals surface area contributed by atoms with Crippen LogP contribution in [0.3, 0.4) is 0 Å². The number of nitrogens with zero attached hydrogens (tertiary/aromatic N) is 3. The van der Waals surface area contributed by atoms with Crippen molar-refractivity contribution in [2.45, 2.75) is 58.5 Å². The Hall–Kier alpha value is -0.980. The van der Waals surface area contributed by atoms with Crippen LogP contribution in [0.25, 0.3) is 0 Å². The lowest BCUT2D eigenvalue weighted by atomic mass is 9.93. The van der Waals surface area contributed by atoms with Crippen molar-refractivity contribution < 1.29 is 4.79 Å². The molecule has 0 saturated carbocycles. The van der Waals surface area contributed by atoms with Gasteiger partial charge in [0.1, 0.15) is 5.01 Å². The molecule has 2 rings (SSSR count). The van der Waals surface area contributed by atoms with Gasteiger partial charge in [0.15, 0.2) is 0 Å². The molecule has 1 aromatic heterocycles. The van der Waals surface area contributed by atoms with Crippen LogP contribution in [0.2, 0.25) is 0 Å². The van der Waals surface area contributed by atoms with Crippen LogP contribution >= 0.6 is 11.3 Å². The highest BCUT2D eigenvalue weighted by Crippen LogP contribution is 2.23. The molecular formula is C18H32N4OS. The highest BCUT2D eigenvalue weighted by Gasteiger charge is 2.20. The Morgan fingerprint density at radius 3 is 2.58 bits per heavy atom. The first kappa shape index (κ1) is 19.3. The Labute approximate surface area is 150 Å². The quantitative estimate of drug-likeness (QED) is 0.854. The third-order valence-corrected chi connectivity index (χ3v) is 5.56. The van der Waals surface area contributed by atoms with Gasteiger partial charge < -0.3 is 10.2 Å². The van der Waals surface area contributed by atoms with E-state index in [9.17, 15) is 4.79 Å². The van der Waals surface area contributed by atoms with E-state index in [2.05, 4.69) is 60.2 Å². The second kappa shape index (κ2) is 8.41. The number of hydrogen-bond acceptors (Lipinski definition) is 5. The third-order valence-electron chi connectivity index (χ3n) is 4.71. The van der Waals surface area contributed by atoms with Crippen molar-refractivity contribution in [2.75, 3.05) is 33.2 Å². The molecule has 1 aliphatic heterocycles. The number of amides is 1. The Morgan fingerprint density at radius 2 is 2.00 bits per heavy atom. The van der Waals surface area contributed by atoms with Crippen LogP contribution in [-0.2, 0) is 16.8 Å². The number of likely N-dealkylation sites (N-methyl/N-ethyl adjacent to an activating group) is 1. The summed E-state index contributed by atoms with van der Waals surface area (Å²) in [7, 11) is 2.17.